The Morgan fingerprint density at radius 2 is 1.92 bits per heavy atom. The Hall–Kier alpha value is -1.10. The SMILES string of the molecule is Fc1cccc(COC(F)(F)F)c1. The van der Waals surface area contributed by atoms with Gasteiger partial charge in [0.2, 0.25) is 0 Å². The first kappa shape index (κ1) is 9.98. The largest absolute Gasteiger partial charge is 0.522 e. The Labute approximate surface area is 71.9 Å². The zero-order valence-electron chi connectivity index (χ0n) is 6.44. The molecular weight excluding hydrogens is 188 g/mol. The van der Waals surface area contributed by atoms with Crippen molar-refractivity contribution in [1.82, 2.24) is 0 Å². The fourth-order valence-electron chi connectivity index (χ4n) is 0.792. The van der Waals surface area contributed by atoms with Crippen LogP contribution >= 0.6 is 0 Å². The van der Waals surface area contributed by atoms with Gasteiger partial charge in [0.05, 0.1) is 6.61 Å². The van der Waals surface area contributed by atoms with Crippen molar-refractivity contribution in [1.29, 1.82) is 0 Å². The lowest BCUT2D eigenvalue weighted by Crippen LogP contribution is -2.12. The molecule has 0 bridgehead atoms. The zero-order valence-corrected chi connectivity index (χ0v) is 6.44. The summed E-state index contributed by atoms with van der Waals surface area (Å²) in [6, 6.07) is 4.82. The molecule has 0 spiro atoms. The van der Waals surface area contributed by atoms with Gasteiger partial charge in [0, 0.05) is 0 Å². The fraction of sp³-hybridized carbons (Fsp3) is 0.250. The molecule has 5 heteroatoms. The second-order valence-corrected chi connectivity index (χ2v) is 2.36. The summed E-state index contributed by atoms with van der Waals surface area (Å²) in [5, 5.41) is 0. The second kappa shape index (κ2) is 3.74. The van der Waals surface area contributed by atoms with Crippen LogP contribution in [0.25, 0.3) is 0 Å². The summed E-state index contributed by atoms with van der Waals surface area (Å²) in [4.78, 5) is 0. The third-order valence-electron chi connectivity index (χ3n) is 1.29. The molecule has 0 heterocycles. The molecule has 13 heavy (non-hydrogen) atoms. The smallest absolute Gasteiger partial charge is 0.287 e. The van der Waals surface area contributed by atoms with Crippen LogP contribution in [0.1, 0.15) is 5.56 Å². The number of hydrogen-bond acceptors (Lipinski definition) is 1. The van der Waals surface area contributed by atoms with Gasteiger partial charge in [-0.2, -0.15) is 0 Å². The van der Waals surface area contributed by atoms with Crippen LogP contribution in [0.2, 0.25) is 0 Å². The summed E-state index contributed by atoms with van der Waals surface area (Å²) >= 11 is 0. The van der Waals surface area contributed by atoms with Crippen molar-refractivity contribution in [2.24, 2.45) is 0 Å². The van der Waals surface area contributed by atoms with Crippen molar-refractivity contribution in [3.8, 4) is 0 Å². The molecular formula is C8H6F4O. The lowest BCUT2D eigenvalue weighted by Gasteiger charge is -2.06. The van der Waals surface area contributed by atoms with E-state index in [4.69, 9.17) is 0 Å². The van der Waals surface area contributed by atoms with Crippen molar-refractivity contribution in [3.05, 3.63) is 35.6 Å². The Morgan fingerprint density at radius 1 is 1.23 bits per heavy atom. The molecule has 0 aliphatic rings. The summed E-state index contributed by atoms with van der Waals surface area (Å²) in [6.07, 6.45) is -4.67. The van der Waals surface area contributed by atoms with Gasteiger partial charge in [-0.1, -0.05) is 12.1 Å². The molecule has 0 atom stereocenters. The second-order valence-electron chi connectivity index (χ2n) is 2.36. The molecule has 0 aromatic heterocycles. The van der Waals surface area contributed by atoms with Crippen molar-refractivity contribution >= 4 is 0 Å². The molecule has 72 valence electrons. The summed E-state index contributed by atoms with van der Waals surface area (Å²) in [5.74, 6) is -0.580. The van der Waals surface area contributed by atoms with Crippen molar-refractivity contribution in [3.63, 3.8) is 0 Å². The minimum absolute atomic E-state index is 0.150. The average Bonchev–Trinajstić information content (AvgIpc) is 2.00. The van der Waals surface area contributed by atoms with Gasteiger partial charge in [0.25, 0.3) is 0 Å². The van der Waals surface area contributed by atoms with Crippen LogP contribution in [0, 0.1) is 5.82 Å². The first-order chi connectivity index (χ1) is 5.97. The van der Waals surface area contributed by atoms with E-state index in [1.807, 2.05) is 0 Å². The first-order valence-electron chi connectivity index (χ1n) is 3.42. The molecule has 0 fully saturated rings. The number of benzene rings is 1. The third-order valence-corrected chi connectivity index (χ3v) is 1.29. The molecule has 1 aromatic rings. The van der Waals surface area contributed by atoms with E-state index in [2.05, 4.69) is 4.74 Å². The molecule has 1 rings (SSSR count). The van der Waals surface area contributed by atoms with Crippen LogP contribution in [0.3, 0.4) is 0 Å². The van der Waals surface area contributed by atoms with Crippen molar-refractivity contribution in [2.75, 3.05) is 0 Å². The van der Waals surface area contributed by atoms with E-state index in [1.54, 1.807) is 0 Å². The van der Waals surface area contributed by atoms with Crippen LogP contribution in [0.4, 0.5) is 17.6 Å². The maximum absolute atomic E-state index is 12.5. The lowest BCUT2D eigenvalue weighted by molar-refractivity contribution is -0.330. The van der Waals surface area contributed by atoms with Gasteiger partial charge in [-0.3, -0.25) is 4.74 Å². The van der Waals surface area contributed by atoms with Crippen LogP contribution in [-0.4, -0.2) is 6.36 Å². The highest BCUT2D eigenvalue weighted by Crippen LogP contribution is 2.18. The fourth-order valence-corrected chi connectivity index (χ4v) is 0.792. The number of alkyl halides is 3. The molecule has 1 nitrogen and oxygen atoms in total. The number of halogens is 4. The van der Waals surface area contributed by atoms with Crippen LogP contribution in [0.15, 0.2) is 24.3 Å². The number of hydrogen-bond donors (Lipinski definition) is 0. The minimum Gasteiger partial charge on any atom is -0.287 e. The van der Waals surface area contributed by atoms with Gasteiger partial charge in [-0.25, -0.2) is 4.39 Å². The van der Waals surface area contributed by atoms with E-state index in [1.165, 1.54) is 12.1 Å². The third kappa shape index (κ3) is 3.89. The molecule has 0 unspecified atom stereocenters. The standard InChI is InChI=1S/C8H6F4O/c9-7-3-1-2-6(4-7)5-13-8(10,11)12/h1-4H,5H2. The van der Waals surface area contributed by atoms with E-state index in [9.17, 15) is 17.6 Å². The van der Waals surface area contributed by atoms with Crippen LogP contribution in [0.5, 0.6) is 0 Å². The Balaban J connectivity index is 2.55. The summed E-state index contributed by atoms with van der Waals surface area (Å²) in [6.45, 7) is -0.665. The van der Waals surface area contributed by atoms with E-state index < -0.39 is 18.8 Å². The highest BCUT2D eigenvalue weighted by molar-refractivity contribution is 5.15. The predicted molar refractivity (Wildman–Crippen MR) is 37.2 cm³/mol. The first-order valence-corrected chi connectivity index (χ1v) is 3.42. The normalized spacial score (nSPS) is 11.7. The van der Waals surface area contributed by atoms with Gasteiger partial charge in [0.1, 0.15) is 5.82 Å². The molecule has 0 amide bonds. The molecule has 0 N–H and O–H groups in total. The van der Waals surface area contributed by atoms with Crippen LogP contribution in [-0.2, 0) is 11.3 Å². The molecule has 0 saturated carbocycles. The molecule has 0 aliphatic carbocycles. The van der Waals surface area contributed by atoms with Gasteiger partial charge >= 0.3 is 6.36 Å². The molecule has 0 aliphatic heterocycles. The van der Waals surface area contributed by atoms with Crippen molar-refractivity contribution in [2.45, 2.75) is 13.0 Å². The van der Waals surface area contributed by atoms with Gasteiger partial charge < -0.3 is 0 Å². The maximum Gasteiger partial charge on any atom is 0.522 e. The Bertz CT molecular complexity index is 282. The summed E-state index contributed by atoms with van der Waals surface area (Å²) in [7, 11) is 0. The highest BCUT2D eigenvalue weighted by Gasteiger charge is 2.28. The topological polar surface area (TPSA) is 9.23 Å². The zero-order chi connectivity index (χ0) is 9.90. The van der Waals surface area contributed by atoms with E-state index >= 15 is 0 Å². The Morgan fingerprint density at radius 3 is 2.46 bits per heavy atom. The number of ether oxygens (including phenoxy) is 1. The van der Waals surface area contributed by atoms with E-state index in [0.29, 0.717) is 0 Å². The van der Waals surface area contributed by atoms with Crippen LogP contribution < -0.4 is 0 Å². The highest BCUT2D eigenvalue weighted by atomic mass is 19.4. The van der Waals surface area contributed by atoms with Gasteiger partial charge in [0.15, 0.2) is 0 Å². The molecule has 1 aromatic carbocycles. The maximum atomic E-state index is 12.5. The van der Waals surface area contributed by atoms with Gasteiger partial charge in [-0.15, -0.1) is 13.2 Å². The monoisotopic (exact) mass is 194 g/mol. The van der Waals surface area contributed by atoms with Crippen molar-refractivity contribution < 1.29 is 22.3 Å². The Kier molecular flexibility index (Phi) is 2.87. The molecule has 0 radical (unpaired) electrons. The molecule has 0 saturated heterocycles. The van der Waals surface area contributed by atoms with E-state index in [0.717, 1.165) is 12.1 Å². The predicted octanol–water partition coefficient (Wildman–Crippen LogP) is 2.86. The van der Waals surface area contributed by atoms with Gasteiger partial charge in [-0.05, 0) is 17.7 Å². The average molecular weight is 194 g/mol. The lowest BCUT2D eigenvalue weighted by atomic mass is 10.2. The minimum atomic E-state index is -4.67. The summed E-state index contributed by atoms with van der Waals surface area (Å²) < 4.78 is 50.5. The number of rotatable bonds is 2. The quantitative estimate of drug-likeness (QED) is 0.657. The van der Waals surface area contributed by atoms with E-state index in [-0.39, 0.29) is 5.56 Å². The summed E-state index contributed by atoms with van der Waals surface area (Å²) in [5.41, 5.74) is 0.150.